The van der Waals surface area contributed by atoms with Gasteiger partial charge in [-0.25, -0.2) is 4.98 Å². The average Bonchev–Trinajstić information content (AvgIpc) is 3.31. The molecule has 1 aromatic heterocycles. The summed E-state index contributed by atoms with van der Waals surface area (Å²) in [5, 5.41) is 0.770. The molecule has 5 heteroatoms. The smallest absolute Gasteiger partial charge is 0.202 e. The third kappa shape index (κ3) is 11.3. The lowest BCUT2D eigenvalue weighted by Crippen LogP contribution is -3.06. The summed E-state index contributed by atoms with van der Waals surface area (Å²) in [4.78, 5) is 5.90. The van der Waals surface area contributed by atoms with E-state index in [1.807, 2.05) is 37.4 Å². The van der Waals surface area contributed by atoms with Crippen LogP contribution in [0.4, 0.5) is 0 Å². The minimum atomic E-state index is 0.329. The Hall–Kier alpha value is -2.14. The number of hydrogen-bond donors (Lipinski definition) is 1. The highest BCUT2D eigenvalue weighted by molar-refractivity contribution is 6.30. The summed E-state index contributed by atoms with van der Waals surface area (Å²) in [6.45, 7) is 8.72. The number of aryl methyl sites for hydroxylation is 1. The Bertz CT molecular complexity index is 935. The van der Waals surface area contributed by atoms with Gasteiger partial charge in [-0.2, -0.15) is 0 Å². The fourth-order valence-electron chi connectivity index (χ4n) is 4.31. The number of hydrogen-bond acceptors (Lipinski definition) is 3. The summed E-state index contributed by atoms with van der Waals surface area (Å²) in [5.41, 5.74) is 2.51. The van der Waals surface area contributed by atoms with Gasteiger partial charge in [-0.15, -0.1) is 0 Å². The lowest BCUT2D eigenvalue weighted by molar-refractivity contribution is -0.858. The molecule has 4 nitrogen and oxygen atoms in total. The molecule has 0 radical (unpaired) electrons. The van der Waals surface area contributed by atoms with Crippen LogP contribution in [0.3, 0.4) is 0 Å². The molecule has 1 heterocycles. The quantitative estimate of drug-likeness (QED) is 0.326. The van der Waals surface area contributed by atoms with E-state index in [-0.39, 0.29) is 0 Å². The average molecular weight is 514 g/mol. The van der Waals surface area contributed by atoms with Crippen molar-refractivity contribution < 1.29 is 14.1 Å². The predicted octanol–water partition coefficient (Wildman–Crippen LogP) is 7.11. The molecule has 1 fully saturated rings. The second-order valence-electron chi connectivity index (χ2n) is 9.94. The van der Waals surface area contributed by atoms with Gasteiger partial charge in [-0.1, -0.05) is 93.6 Å². The van der Waals surface area contributed by atoms with E-state index in [1.54, 1.807) is 0 Å². The number of nitrogens with zero attached hydrogens (tertiary/aromatic N) is 1. The van der Waals surface area contributed by atoms with Gasteiger partial charge in [-0.05, 0) is 48.9 Å². The normalized spacial score (nSPS) is 14.4. The number of halogens is 1. The largest absolute Gasteiger partial charge is 0.445 e. The topological polar surface area (TPSA) is 39.7 Å². The van der Waals surface area contributed by atoms with E-state index in [4.69, 9.17) is 20.8 Å². The number of ether oxygens (including phenoxy) is 1. The summed E-state index contributed by atoms with van der Waals surface area (Å²) in [6, 6.07) is 18.5. The Labute approximate surface area is 224 Å². The molecular weight excluding hydrogens is 468 g/mol. The second kappa shape index (κ2) is 17.3. The van der Waals surface area contributed by atoms with Crippen LogP contribution < -0.4 is 4.90 Å². The van der Waals surface area contributed by atoms with Crippen molar-refractivity contribution in [3.63, 3.8) is 0 Å². The van der Waals surface area contributed by atoms with E-state index in [0.29, 0.717) is 18.4 Å². The Balaban J connectivity index is 0.000000238. The number of quaternary nitrogens is 1. The van der Waals surface area contributed by atoms with Gasteiger partial charge in [0.1, 0.15) is 12.3 Å². The second-order valence-corrected chi connectivity index (χ2v) is 10.4. The van der Waals surface area contributed by atoms with Crippen molar-refractivity contribution in [1.29, 1.82) is 0 Å². The zero-order valence-corrected chi connectivity index (χ0v) is 23.7. The molecule has 0 amide bonds. The zero-order chi connectivity index (χ0) is 26.2. The molecule has 1 aliphatic carbocycles. The van der Waals surface area contributed by atoms with E-state index in [9.17, 15) is 0 Å². The molecule has 1 aliphatic rings. The Morgan fingerprint density at radius 2 is 1.64 bits per heavy atom. The minimum absolute atomic E-state index is 0.329. The van der Waals surface area contributed by atoms with Crippen molar-refractivity contribution in [3.8, 4) is 0 Å². The molecule has 1 unspecified atom stereocenters. The Morgan fingerprint density at radius 1 is 1.00 bits per heavy atom. The molecule has 1 saturated carbocycles. The predicted molar refractivity (Wildman–Crippen MR) is 151 cm³/mol. The standard InChI is InChI=1S/C17H21NO.C11H16ClNO.C3H8/c1-13-12-18-17(19-13)16(14-8-4-2-5-9-14)15-10-6-3-7-11-15;1-13(2)7-8-14-9-10-3-5-11(12)6-4-10;1-3-2/h2,4-5,8-9,12,15-16H,3,6-7,10-11H2,1H3;3-6H,7-9H2,1-2H3;3H2,1-2H3/p+1. The van der Waals surface area contributed by atoms with E-state index in [0.717, 1.165) is 29.8 Å². The van der Waals surface area contributed by atoms with Crippen LogP contribution in [0.5, 0.6) is 0 Å². The van der Waals surface area contributed by atoms with Gasteiger partial charge in [0.2, 0.25) is 5.89 Å². The lowest BCUT2D eigenvalue weighted by atomic mass is 9.77. The molecule has 36 heavy (non-hydrogen) atoms. The van der Waals surface area contributed by atoms with Crippen molar-refractivity contribution in [1.82, 2.24) is 4.98 Å². The minimum Gasteiger partial charge on any atom is -0.445 e. The van der Waals surface area contributed by atoms with Crippen LogP contribution in [0, 0.1) is 12.8 Å². The highest BCUT2D eigenvalue weighted by Crippen LogP contribution is 2.39. The fourth-order valence-corrected chi connectivity index (χ4v) is 4.43. The number of aromatic nitrogens is 1. The first kappa shape index (κ1) is 30.1. The first-order chi connectivity index (χ1) is 17.4. The maximum atomic E-state index is 5.84. The summed E-state index contributed by atoms with van der Waals surface area (Å²) >= 11 is 5.77. The maximum absolute atomic E-state index is 5.84. The van der Waals surface area contributed by atoms with E-state index >= 15 is 0 Å². The summed E-state index contributed by atoms with van der Waals surface area (Å²) in [7, 11) is 4.23. The molecule has 0 saturated heterocycles. The van der Waals surface area contributed by atoms with Crippen LogP contribution >= 0.6 is 11.6 Å². The van der Waals surface area contributed by atoms with Crippen molar-refractivity contribution in [2.24, 2.45) is 5.92 Å². The Kier molecular flexibility index (Phi) is 14.5. The van der Waals surface area contributed by atoms with Crippen LogP contribution in [-0.2, 0) is 11.3 Å². The molecule has 2 aromatic carbocycles. The van der Waals surface area contributed by atoms with Crippen LogP contribution in [0.15, 0.2) is 65.2 Å². The van der Waals surface area contributed by atoms with E-state index in [2.05, 4.69) is 63.3 Å². The fraction of sp³-hybridized carbons (Fsp3) is 0.516. The number of rotatable bonds is 8. The molecular formula is C31H46ClN2O2+. The summed E-state index contributed by atoms with van der Waals surface area (Å²) in [5.74, 6) is 2.81. The lowest BCUT2D eigenvalue weighted by Gasteiger charge is -2.28. The molecule has 0 spiro atoms. The highest BCUT2D eigenvalue weighted by atomic mass is 35.5. The number of oxazole rings is 1. The summed E-state index contributed by atoms with van der Waals surface area (Å²) < 4.78 is 11.3. The van der Waals surface area contributed by atoms with Crippen molar-refractivity contribution in [2.75, 3.05) is 27.2 Å². The molecule has 198 valence electrons. The zero-order valence-electron chi connectivity index (χ0n) is 22.9. The Morgan fingerprint density at radius 3 is 2.19 bits per heavy atom. The number of likely N-dealkylation sites (N-methyl/N-ethyl adjacent to an activating group) is 1. The summed E-state index contributed by atoms with van der Waals surface area (Å²) in [6.07, 6.45) is 9.74. The van der Waals surface area contributed by atoms with Gasteiger partial charge >= 0.3 is 0 Å². The monoisotopic (exact) mass is 513 g/mol. The van der Waals surface area contributed by atoms with Gasteiger partial charge < -0.3 is 14.1 Å². The van der Waals surface area contributed by atoms with Crippen molar-refractivity contribution >= 4 is 11.6 Å². The molecule has 1 atom stereocenters. The van der Waals surface area contributed by atoms with Crippen LogP contribution in [0.2, 0.25) is 5.02 Å². The third-order valence-electron chi connectivity index (χ3n) is 6.11. The van der Waals surface area contributed by atoms with Crippen molar-refractivity contribution in [3.05, 3.63) is 88.6 Å². The van der Waals surface area contributed by atoms with Gasteiger partial charge in [-0.3, -0.25) is 0 Å². The van der Waals surface area contributed by atoms with Crippen molar-refractivity contribution in [2.45, 2.75) is 71.8 Å². The first-order valence-corrected chi connectivity index (χ1v) is 13.9. The SMILES string of the molecule is CCC.C[NH+](C)CCOCc1ccc(Cl)cc1.Cc1cnc(C(c2ccccc2)C2CCCCC2)o1. The molecule has 1 N–H and O–H groups in total. The van der Waals surface area contributed by atoms with Crippen LogP contribution in [-0.4, -0.2) is 32.2 Å². The maximum Gasteiger partial charge on any atom is 0.202 e. The molecule has 4 rings (SSSR count). The van der Waals surface area contributed by atoms with Gasteiger partial charge in [0.15, 0.2) is 0 Å². The van der Waals surface area contributed by atoms with Crippen LogP contribution in [0.25, 0.3) is 0 Å². The van der Waals surface area contributed by atoms with Gasteiger partial charge in [0, 0.05) is 5.02 Å². The van der Waals surface area contributed by atoms with E-state index in [1.165, 1.54) is 54.6 Å². The highest BCUT2D eigenvalue weighted by Gasteiger charge is 2.29. The third-order valence-corrected chi connectivity index (χ3v) is 6.37. The molecule has 0 aliphatic heterocycles. The number of benzene rings is 2. The first-order valence-electron chi connectivity index (χ1n) is 13.5. The molecule has 0 bridgehead atoms. The molecule has 3 aromatic rings. The van der Waals surface area contributed by atoms with Gasteiger partial charge in [0.25, 0.3) is 0 Å². The van der Waals surface area contributed by atoms with Crippen LogP contribution in [0.1, 0.15) is 81.1 Å². The van der Waals surface area contributed by atoms with E-state index < -0.39 is 0 Å². The van der Waals surface area contributed by atoms with Gasteiger partial charge in [0.05, 0.1) is 39.4 Å². The number of nitrogens with one attached hydrogen (secondary N) is 1.